The van der Waals surface area contributed by atoms with Crippen LogP contribution in [0.1, 0.15) is 24.8 Å². The van der Waals surface area contributed by atoms with Gasteiger partial charge in [-0.15, -0.1) is 0 Å². The van der Waals surface area contributed by atoms with Gasteiger partial charge in [-0.1, -0.05) is 30.3 Å². The van der Waals surface area contributed by atoms with Crippen LogP contribution >= 0.6 is 0 Å². The first-order valence-electron chi connectivity index (χ1n) is 6.41. The maximum absolute atomic E-state index is 11.7. The second kappa shape index (κ2) is 6.22. The van der Waals surface area contributed by atoms with E-state index in [4.69, 9.17) is 4.74 Å². The molecule has 1 saturated carbocycles. The summed E-state index contributed by atoms with van der Waals surface area (Å²) >= 11 is 0. The molecule has 5 heteroatoms. The molecule has 102 valence electrons. The molecule has 1 fully saturated rings. The highest BCUT2D eigenvalue weighted by molar-refractivity contribution is 5.90. The third kappa shape index (κ3) is 3.71. The number of hydrogen-bond acceptors (Lipinski definition) is 3. The Morgan fingerprint density at radius 1 is 1.32 bits per heavy atom. The molecule has 0 radical (unpaired) electrons. The Morgan fingerprint density at radius 2 is 2.00 bits per heavy atom. The summed E-state index contributed by atoms with van der Waals surface area (Å²) in [6.07, 6.45) is 2.46. The van der Waals surface area contributed by atoms with Crippen molar-refractivity contribution in [2.45, 2.75) is 31.9 Å². The Kier molecular flexibility index (Phi) is 4.39. The first-order valence-corrected chi connectivity index (χ1v) is 6.41. The Morgan fingerprint density at radius 3 is 2.58 bits per heavy atom. The van der Waals surface area contributed by atoms with Crippen LogP contribution in [0.15, 0.2) is 30.3 Å². The van der Waals surface area contributed by atoms with Crippen molar-refractivity contribution in [3.05, 3.63) is 35.9 Å². The smallest absolute Gasteiger partial charge is 0.418 e. The van der Waals surface area contributed by atoms with E-state index in [1.165, 1.54) is 7.05 Å². The van der Waals surface area contributed by atoms with Gasteiger partial charge in [0.2, 0.25) is 0 Å². The zero-order valence-electron chi connectivity index (χ0n) is 11.0. The summed E-state index contributed by atoms with van der Waals surface area (Å²) < 4.78 is 5.07. The molecule has 1 aliphatic carbocycles. The topological polar surface area (TPSA) is 58.6 Å². The molecule has 0 atom stereocenters. The van der Waals surface area contributed by atoms with Crippen molar-refractivity contribution in [2.75, 3.05) is 7.05 Å². The van der Waals surface area contributed by atoms with Gasteiger partial charge in [-0.25, -0.2) is 14.5 Å². The van der Waals surface area contributed by atoms with E-state index in [-0.39, 0.29) is 12.6 Å². The minimum Gasteiger partial charge on any atom is -0.444 e. The largest absolute Gasteiger partial charge is 0.444 e. The van der Waals surface area contributed by atoms with Crippen LogP contribution in [0.25, 0.3) is 0 Å². The molecule has 0 saturated heterocycles. The standard InChI is InChI=1S/C14H18N2O3/c1-16(13(17)15-12-8-5-9-12)14(18)19-10-11-6-3-2-4-7-11/h2-4,6-7,12H,5,8-10H2,1H3,(H,15,17). The molecule has 19 heavy (non-hydrogen) atoms. The van der Waals surface area contributed by atoms with Gasteiger partial charge in [0.05, 0.1) is 0 Å². The van der Waals surface area contributed by atoms with E-state index in [9.17, 15) is 9.59 Å². The molecule has 0 unspecified atom stereocenters. The van der Waals surface area contributed by atoms with E-state index in [2.05, 4.69) is 5.32 Å². The van der Waals surface area contributed by atoms with Gasteiger partial charge in [-0.3, -0.25) is 0 Å². The predicted molar refractivity (Wildman–Crippen MR) is 70.6 cm³/mol. The SMILES string of the molecule is CN(C(=O)NC1CCC1)C(=O)OCc1ccccc1. The quantitative estimate of drug-likeness (QED) is 0.910. The molecule has 0 aliphatic heterocycles. The third-order valence-electron chi connectivity index (χ3n) is 3.22. The Balaban J connectivity index is 1.76. The summed E-state index contributed by atoms with van der Waals surface area (Å²) in [6.45, 7) is 0.167. The van der Waals surface area contributed by atoms with Crippen LogP contribution < -0.4 is 5.32 Å². The van der Waals surface area contributed by atoms with Crippen LogP contribution in [0.5, 0.6) is 0 Å². The van der Waals surface area contributed by atoms with Crippen molar-refractivity contribution < 1.29 is 14.3 Å². The minimum atomic E-state index is -0.638. The first kappa shape index (κ1) is 13.4. The number of rotatable bonds is 3. The molecule has 1 aromatic rings. The molecule has 0 heterocycles. The maximum Gasteiger partial charge on any atom is 0.418 e. The lowest BCUT2D eigenvalue weighted by atomic mass is 9.93. The van der Waals surface area contributed by atoms with E-state index in [1.807, 2.05) is 30.3 Å². The fraction of sp³-hybridized carbons (Fsp3) is 0.429. The number of imide groups is 1. The van der Waals surface area contributed by atoms with E-state index in [0.29, 0.717) is 0 Å². The van der Waals surface area contributed by atoms with Crippen molar-refractivity contribution in [1.82, 2.24) is 10.2 Å². The number of hydrogen-bond donors (Lipinski definition) is 1. The van der Waals surface area contributed by atoms with Gasteiger partial charge in [-0.2, -0.15) is 0 Å². The van der Waals surface area contributed by atoms with Crippen LogP contribution in [-0.4, -0.2) is 30.1 Å². The second-order valence-corrected chi connectivity index (χ2v) is 4.68. The molecule has 3 amide bonds. The van der Waals surface area contributed by atoms with Gasteiger partial charge in [-0.05, 0) is 24.8 Å². The summed E-state index contributed by atoms with van der Waals surface area (Å²) in [5, 5.41) is 2.78. The van der Waals surface area contributed by atoms with Gasteiger partial charge < -0.3 is 10.1 Å². The number of ether oxygens (including phenoxy) is 1. The van der Waals surface area contributed by atoms with Gasteiger partial charge in [0.1, 0.15) is 6.61 Å². The highest BCUT2D eigenvalue weighted by atomic mass is 16.6. The third-order valence-corrected chi connectivity index (χ3v) is 3.22. The van der Waals surface area contributed by atoms with Gasteiger partial charge >= 0.3 is 12.1 Å². The van der Waals surface area contributed by atoms with Crippen molar-refractivity contribution in [3.8, 4) is 0 Å². The second-order valence-electron chi connectivity index (χ2n) is 4.68. The van der Waals surface area contributed by atoms with Gasteiger partial charge in [0, 0.05) is 13.1 Å². The lowest BCUT2D eigenvalue weighted by Crippen LogP contribution is -2.47. The Hall–Kier alpha value is -2.04. The minimum absolute atomic E-state index is 0.167. The van der Waals surface area contributed by atoms with Crippen LogP contribution in [0.2, 0.25) is 0 Å². The van der Waals surface area contributed by atoms with Gasteiger partial charge in [0.25, 0.3) is 0 Å². The lowest BCUT2D eigenvalue weighted by Gasteiger charge is -2.28. The molecule has 1 aromatic carbocycles. The molecule has 0 aromatic heterocycles. The molecular formula is C14H18N2O3. The van der Waals surface area contributed by atoms with Crippen LogP contribution in [0.4, 0.5) is 9.59 Å². The lowest BCUT2D eigenvalue weighted by molar-refractivity contribution is 0.109. The molecular weight excluding hydrogens is 244 g/mol. The van der Waals surface area contributed by atoms with Gasteiger partial charge in [0.15, 0.2) is 0 Å². The summed E-state index contributed by atoms with van der Waals surface area (Å²) in [4.78, 5) is 24.4. The Labute approximate surface area is 112 Å². The fourth-order valence-corrected chi connectivity index (χ4v) is 1.72. The van der Waals surface area contributed by atoms with Crippen LogP contribution in [0.3, 0.4) is 0 Å². The average molecular weight is 262 g/mol. The van der Waals surface area contributed by atoms with Crippen molar-refractivity contribution in [3.63, 3.8) is 0 Å². The predicted octanol–water partition coefficient (Wildman–Crippen LogP) is 2.52. The van der Waals surface area contributed by atoms with Crippen LogP contribution in [-0.2, 0) is 11.3 Å². The number of carbonyl (C=O) groups excluding carboxylic acids is 2. The van der Waals surface area contributed by atoms with E-state index in [0.717, 1.165) is 29.7 Å². The van der Waals surface area contributed by atoms with E-state index in [1.54, 1.807) is 0 Å². The van der Waals surface area contributed by atoms with Crippen molar-refractivity contribution in [1.29, 1.82) is 0 Å². The number of nitrogens with one attached hydrogen (secondary N) is 1. The highest BCUT2D eigenvalue weighted by Gasteiger charge is 2.24. The zero-order valence-corrected chi connectivity index (χ0v) is 11.0. The molecule has 0 bridgehead atoms. The number of nitrogens with zero attached hydrogens (tertiary/aromatic N) is 1. The van der Waals surface area contributed by atoms with Crippen molar-refractivity contribution in [2.24, 2.45) is 0 Å². The van der Waals surface area contributed by atoms with E-state index >= 15 is 0 Å². The number of urea groups is 1. The molecule has 1 N–H and O–H groups in total. The summed E-state index contributed by atoms with van der Waals surface area (Å²) in [5.74, 6) is 0. The summed E-state index contributed by atoms with van der Waals surface area (Å²) in [7, 11) is 1.42. The first-order chi connectivity index (χ1) is 9.16. The fourth-order valence-electron chi connectivity index (χ4n) is 1.72. The summed E-state index contributed by atoms with van der Waals surface area (Å²) in [5.41, 5.74) is 0.892. The molecule has 2 rings (SSSR count). The average Bonchev–Trinajstić information content (AvgIpc) is 2.40. The van der Waals surface area contributed by atoms with Crippen LogP contribution in [0, 0.1) is 0 Å². The summed E-state index contributed by atoms with van der Waals surface area (Å²) in [6, 6.07) is 9.17. The normalized spacial score (nSPS) is 14.4. The zero-order chi connectivity index (χ0) is 13.7. The maximum atomic E-state index is 11.7. The monoisotopic (exact) mass is 262 g/mol. The van der Waals surface area contributed by atoms with Crippen molar-refractivity contribution >= 4 is 12.1 Å². The molecule has 0 spiro atoms. The number of carbonyl (C=O) groups is 2. The number of amides is 3. The number of benzene rings is 1. The highest BCUT2D eigenvalue weighted by Crippen LogP contribution is 2.18. The van der Waals surface area contributed by atoms with E-state index < -0.39 is 12.1 Å². The molecule has 5 nitrogen and oxygen atoms in total. The Bertz CT molecular complexity index is 443. The molecule has 1 aliphatic rings.